The number of amides is 2. The molecular formula is C59H104N12O25. The molecule has 0 fully saturated rings. The molecule has 0 aliphatic carbocycles. The van der Waals surface area contributed by atoms with E-state index in [2.05, 4.69) is 20.3 Å². The molecule has 37 heteroatoms. The maximum absolute atomic E-state index is 13.3. The molecule has 0 radical (unpaired) electrons. The van der Waals surface area contributed by atoms with Gasteiger partial charge in [0.1, 0.15) is 35.9 Å². The van der Waals surface area contributed by atoms with Crippen molar-refractivity contribution in [3.05, 3.63) is 35.6 Å². The molecule has 3 heterocycles. The Kier molecular flexibility index (Phi) is 42.6. The van der Waals surface area contributed by atoms with Crippen molar-refractivity contribution in [2.45, 2.75) is 102 Å². The molecule has 1 unspecified atom stereocenters. The molecule has 0 bridgehead atoms. The normalized spacial score (nSPS) is 19.0. The third-order valence-corrected chi connectivity index (χ3v) is 14.6. The number of carbonyl (C=O) groups is 5. The smallest absolute Gasteiger partial charge is 0.410 e. The maximum Gasteiger partial charge on any atom is 0.410 e. The number of aliphatic imine (C=N–C) groups is 2. The van der Waals surface area contributed by atoms with Gasteiger partial charge in [-0.05, 0) is 18.6 Å². The molecule has 550 valence electrons. The van der Waals surface area contributed by atoms with Crippen LogP contribution in [-0.2, 0) is 93.9 Å². The molecule has 1 aromatic heterocycles. The van der Waals surface area contributed by atoms with E-state index in [4.69, 9.17) is 89.3 Å². The van der Waals surface area contributed by atoms with Crippen molar-refractivity contribution in [3.8, 4) is 0 Å². The molecule has 0 saturated heterocycles. The van der Waals surface area contributed by atoms with Crippen LogP contribution < -0.4 is 22.9 Å². The second-order valence-corrected chi connectivity index (χ2v) is 22.1. The lowest BCUT2D eigenvalue weighted by molar-refractivity contribution is -0.148. The van der Waals surface area contributed by atoms with E-state index < -0.39 is 109 Å². The number of rotatable bonds is 55. The molecule has 10 atom stereocenters. The Balaban J connectivity index is 1.40. The fraction of sp³-hybridized carbons (Fsp3) is 0.780. The first kappa shape index (κ1) is 83.5. The molecule has 1 aromatic rings. The summed E-state index contributed by atoms with van der Waals surface area (Å²) in [5.41, 5.74) is 22.9. The zero-order valence-corrected chi connectivity index (χ0v) is 55.8. The minimum absolute atomic E-state index is 0.00991. The first-order chi connectivity index (χ1) is 46.1. The standard InChI is InChI=1S/C59H104N12O25/c1-6-7-43(74)8-15-83-22-25-88-28-29-90-27-24-87-21-14-71-36-42(66-67-71)39-92-33-32-91-31-30-89-26-23-86-20-13-70(11-18-84-16-9-68(4)58(81)95-52(46(75)37-72)50-40(2)44(64-56(60)61)34-48(93-50)54(77)78)12-19-85-17-10-69(5)59(82)96-53(47(76)38-73)51-41(3)45(65-57(62)63)35-49(94-51)55(79)80/h34-36,40-41,44-47,50-53,72-73,75-76H,6-33,37-39H2,1-5H3,(H,77,78)(H,79,80)(H4,60,61,64)(H4,62,63,65)/t40-,41-,44+,45+,46-,47-,50-,51-,52-,53?/m1/s1. The van der Waals surface area contributed by atoms with Gasteiger partial charge in [-0.25, -0.2) is 33.8 Å². The van der Waals surface area contributed by atoms with E-state index in [0.29, 0.717) is 137 Å². The van der Waals surface area contributed by atoms with Crippen molar-refractivity contribution >= 4 is 41.8 Å². The summed E-state index contributed by atoms with van der Waals surface area (Å²) >= 11 is 0. The van der Waals surface area contributed by atoms with Crippen molar-refractivity contribution in [2.75, 3.05) is 186 Å². The fourth-order valence-electron chi connectivity index (χ4n) is 9.13. The van der Waals surface area contributed by atoms with Crippen molar-refractivity contribution in [1.29, 1.82) is 0 Å². The molecule has 0 saturated carbocycles. The number of carboxylic acids is 2. The van der Waals surface area contributed by atoms with Gasteiger partial charge in [0.25, 0.3) is 0 Å². The van der Waals surface area contributed by atoms with Crippen molar-refractivity contribution in [1.82, 2.24) is 29.7 Å². The van der Waals surface area contributed by atoms with Crippen LogP contribution in [0.15, 0.2) is 39.9 Å². The molecule has 14 N–H and O–H groups in total. The average Bonchev–Trinajstić information content (AvgIpc) is 0.820. The van der Waals surface area contributed by atoms with E-state index in [9.17, 15) is 54.6 Å². The van der Waals surface area contributed by atoms with Crippen molar-refractivity contribution in [2.24, 2.45) is 44.8 Å². The molecule has 0 aromatic carbocycles. The number of aromatic nitrogens is 3. The van der Waals surface area contributed by atoms with Gasteiger partial charge in [-0.1, -0.05) is 26.0 Å². The number of hydrogen-bond acceptors (Lipinski definition) is 28. The number of ketones is 1. The van der Waals surface area contributed by atoms with Crippen LogP contribution in [0, 0.1) is 11.8 Å². The summed E-state index contributed by atoms with van der Waals surface area (Å²) in [6.45, 7) is 11.5. The number of hydrogen-bond donors (Lipinski definition) is 10. The topological polar surface area (TPSA) is 505 Å². The number of aliphatic carboxylic acids is 2. The van der Waals surface area contributed by atoms with E-state index in [1.54, 1.807) is 24.7 Å². The van der Waals surface area contributed by atoms with Gasteiger partial charge in [-0.15, -0.1) is 5.10 Å². The van der Waals surface area contributed by atoms with Crippen LogP contribution in [-0.4, -0.2) is 336 Å². The van der Waals surface area contributed by atoms with Gasteiger partial charge < -0.3 is 130 Å². The van der Waals surface area contributed by atoms with Crippen LogP contribution in [0.2, 0.25) is 0 Å². The van der Waals surface area contributed by atoms with Crippen LogP contribution in [0.1, 0.15) is 45.7 Å². The molecular weight excluding hydrogens is 1280 g/mol. The Hall–Kier alpha value is -6.69. The van der Waals surface area contributed by atoms with Crippen molar-refractivity contribution < 1.29 is 121 Å². The second-order valence-electron chi connectivity index (χ2n) is 22.1. The molecule has 3 rings (SSSR count). The van der Waals surface area contributed by atoms with Crippen molar-refractivity contribution in [3.63, 3.8) is 0 Å². The lowest BCUT2D eigenvalue weighted by Crippen LogP contribution is -2.52. The van der Waals surface area contributed by atoms with Gasteiger partial charge in [0, 0.05) is 71.5 Å². The lowest BCUT2D eigenvalue weighted by Gasteiger charge is -2.38. The highest BCUT2D eigenvalue weighted by atomic mass is 16.6. The van der Waals surface area contributed by atoms with Crippen LogP contribution >= 0.6 is 0 Å². The number of nitrogens with two attached hydrogens (primary N) is 4. The number of guanidine groups is 2. The van der Waals surface area contributed by atoms with Crippen LogP contribution in [0.3, 0.4) is 0 Å². The fourth-order valence-corrected chi connectivity index (χ4v) is 9.13. The van der Waals surface area contributed by atoms with Crippen LogP contribution in [0.5, 0.6) is 0 Å². The maximum atomic E-state index is 13.3. The Morgan fingerprint density at radius 3 is 1.30 bits per heavy atom. The highest BCUT2D eigenvalue weighted by molar-refractivity contribution is 5.85. The minimum atomic E-state index is -1.68. The number of aliphatic hydroxyl groups excluding tert-OH is 4. The SMILES string of the molecule is CCCC(=O)CCOCCOCCOCCOCCn1cc(COCCOCCOCCOCCN(CCOCCN(C)C(=O)OC([C@H](O)CO)[C@@H]2OC(C(=O)O)=C[C@H](N=C(N)N)[C@H]2C)CCOCCN(C)C(=O)O[C@@H]([C@@H]2OC(C(=O)O)=C[C@H](N=C(N)N)[C@H]2C)[C@H](O)CO)nn1. The van der Waals surface area contributed by atoms with E-state index >= 15 is 0 Å². The monoisotopic (exact) mass is 1380 g/mol. The van der Waals surface area contributed by atoms with Gasteiger partial charge in [0.05, 0.1) is 170 Å². The predicted molar refractivity (Wildman–Crippen MR) is 339 cm³/mol. The molecule has 37 nitrogen and oxygen atoms in total. The Bertz CT molecular complexity index is 2380. The third kappa shape index (κ3) is 34.0. The molecule has 2 aliphatic heterocycles. The molecule has 96 heavy (non-hydrogen) atoms. The average molecular weight is 1380 g/mol. The summed E-state index contributed by atoms with van der Waals surface area (Å²) in [5, 5.41) is 68.8. The third-order valence-electron chi connectivity index (χ3n) is 14.6. The zero-order valence-electron chi connectivity index (χ0n) is 55.8. The van der Waals surface area contributed by atoms with E-state index in [-0.39, 0.29) is 70.4 Å². The van der Waals surface area contributed by atoms with Gasteiger partial charge in [0.2, 0.25) is 11.5 Å². The number of Topliss-reactive ketones (excluding diaryl/α,β-unsaturated/α-hetero) is 1. The van der Waals surface area contributed by atoms with Crippen LogP contribution in [0.4, 0.5) is 9.59 Å². The molecule has 2 amide bonds. The van der Waals surface area contributed by atoms with E-state index in [1.165, 1.54) is 26.2 Å². The summed E-state index contributed by atoms with van der Waals surface area (Å²) in [7, 11) is 2.83. The summed E-state index contributed by atoms with van der Waals surface area (Å²) in [6, 6.07) is -1.85. The number of ether oxygens (including phenoxy) is 14. The van der Waals surface area contributed by atoms with E-state index in [1.807, 2.05) is 11.8 Å². The zero-order chi connectivity index (χ0) is 70.6. The van der Waals surface area contributed by atoms with Gasteiger partial charge in [-0.2, -0.15) is 0 Å². The van der Waals surface area contributed by atoms with E-state index in [0.717, 1.165) is 16.2 Å². The molecule has 0 spiro atoms. The van der Waals surface area contributed by atoms with Gasteiger partial charge in [-0.3, -0.25) is 9.69 Å². The van der Waals surface area contributed by atoms with Crippen LogP contribution in [0.25, 0.3) is 0 Å². The first-order valence-corrected chi connectivity index (χ1v) is 31.8. The first-order valence-electron chi connectivity index (χ1n) is 31.8. The predicted octanol–water partition coefficient (Wildman–Crippen LogP) is -3.12. The number of nitrogens with zero attached hydrogens (tertiary/aromatic N) is 8. The Morgan fingerprint density at radius 1 is 0.552 bits per heavy atom. The number of likely N-dealkylation sites (N-methyl/N-ethyl adjacent to an activating group) is 2. The Morgan fingerprint density at radius 2 is 0.917 bits per heavy atom. The molecule has 2 aliphatic rings. The Labute approximate surface area is 558 Å². The summed E-state index contributed by atoms with van der Waals surface area (Å²) in [4.78, 5) is 74.4. The summed E-state index contributed by atoms with van der Waals surface area (Å²) in [5.74, 6) is -5.91. The minimum Gasteiger partial charge on any atom is -0.479 e. The number of aliphatic hydroxyl groups is 4. The lowest BCUT2D eigenvalue weighted by atomic mass is 9.87. The van der Waals surface area contributed by atoms with Gasteiger partial charge in [0.15, 0.2) is 24.1 Å². The largest absolute Gasteiger partial charge is 0.479 e. The quantitative estimate of drug-likeness (QED) is 0.0175. The highest BCUT2D eigenvalue weighted by Gasteiger charge is 2.46. The summed E-state index contributed by atoms with van der Waals surface area (Å²) in [6.07, 6.45) is -4.86. The highest BCUT2D eigenvalue weighted by Crippen LogP contribution is 2.32. The number of carboxylic acid groups (broad SMARTS) is 2. The second kappa shape index (κ2) is 48.9. The van der Waals surface area contributed by atoms with Gasteiger partial charge >= 0.3 is 24.1 Å². The summed E-state index contributed by atoms with van der Waals surface area (Å²) < 4.78 is 80.7. The number of carbonyl (C=O) groups excluding carboxylic acids is 3.